The molecule has 2 heterocycles. The monoisotopic (exact) mass is 364 g/mol. The first kappa shape index (κ1) is 18.0. The standard InChI is InChI=1S/C18H25ClN4O2/c1-20-5-4-14-13-23(17-3-2-15(19)12-16(14)17)11-8-21-6-9-22(10-7-21)18(24)25/h2-3,12-13,20H,4-11H2,1H3,(H,24,25). The van der Waals surface area contributed by atoms with Crippen LogP contribution in [0.2, 0.25) is 5.02 Å². The Morgan fingerprint density at radius 2 is 2.00 bits per heavy atom. The molecule has 1 aromatic carbocycles. The number of fused-ring (bicyclic) bond motifs is 1. The summed E-state index contributed by atoms with van der Waals surface area (Å²) in [5.74, 6) is 0. The van der Waals surface area contributed by atoms with E-state index in [-0.39, 0.29) is 0 Å². The van der Waals surface area contributed by atoms with Gasteiger partial charge in [-0.25, -0.2) is 4.79 Å². The molecule has 0 aliphatic carbocycles. The number of likely N-dealkylation sites (N-methyl/N-ethyl adjacent to an activating group) is 1. The lowest BCUT2D eigenvalue weighted by atomic mass is 10.1. The van der Waals surface area contributed by atoms with Crippen molar-refractivity contribution in [1.82, 2.24) is 19.7 Å². The molecule has 25 heavy (non-hydrogen) atoms. The van der Waals surface area contributed by atoms with Crippen LogP contribution in [0, 0.1) is 0 Å². The lowest BCUT2D eigenvalue weighted by molar-refractivity contribution is 0.104. The van der Waals surface area contributed by atoms with E-state index in [9.17, 15) is 4.79 Å². The zero-order valence-corrected chi connectivity index (χ0v) is 15.3. The number of nitrogens with one attached hydrogen (secondary N) is 1. The molecule has 0 atom stereocenters. The Hall–Kier alpha value is -1.76. The number of carboxylic acid groups (broad SMARTS) is 1. The number of nitrogens with zero attached hydrogens (tertiary/aromatic N) is 3. The second-order valence-electron chi connectivity index (χ2n) is 6.47. The lowest BCUT2D eigenvalue weighted by Crippen LogP contribution is -2.48. The fraction of sp³-hybridized carbons (Fsp3) is 0.500. The highest BCUT2D eigenvalue weighted by molar-refractivity contribution is 6.31. The minimum Gasteiger partial charge on any atom is -0.465 e. The van der Waals surface area contributed by atoms with Crippen molar-refractivity contribution in [2.45, 2.75) is 13.0 Å². The Bertz CT molecular complexity index is 738. The summed E-state index contributed by atoms with van der Waals surface area (Å²) in [5.41, 5.74) is 2.52. The maximum Gasteiger partial charge on any atom is 0.407 e. The van der Waals surface area contributed by atoms with E-state index < -0.39 is 6.09 Å². The van der Waals surface area contributed by atoms with Gasteiger partial charge in [0.25, 0.3) is 0 Å². The highest BCUT2D eigenvalue weighted by Gasteiger charge is 2.20. The van der Waals surface area contributed by atoms with Gasteiger partial charge in [0.1, 0.15) is 0 Å². The number of hydrogen-bond donors (Lipinski definition) is 2. The number of rotatable bonds is 6. The number of piperazine rings is 1. The molecule has 1 saturated heterocycles. The molecule has 2 aromatic rings. The van der Waals surface area contributed by atoms with Gasteiger partial charge in [-0.05, 0) is 43.8 Å². The van der Waals surface area contributed by atoms with Crippen LogP contribution in [0.15, 0.2) is 24.4 Å². The summed E-state index contributed by atoms with van der Waals surface area (Å²) in [6.07, 6.45) is 2.38. The molecule has 0 unspecified atom stereocenters. The Morgan fingerprint density at radius 1 is 1.24 bits per heavy atom. The maximum atomic E-state index is 11.0. The maximum absolute atomic E-state index is 11.0. The van der Waals surface area contributed by atoms with E-state index in [1.807, 2.05) is 19.2 Å². The van der Waals surface area contributed by atoms with Gasteiger partial charge in [-0.3, -0.25) is 4.90 Å². The minimum atomic E-state index is -0.817. The van der Waals surface area contributed by atoms with Crippen LogP contribution in [-0.2, 0) is 13.0 Å². The summed E-state index contributed by atoms with van der Waals surface area (Å²) in [5, 5.41) is 14.2. The summed E-state index contributed by atoms with van der Waals surface area (Å²) in [4.78, 5) is 14.8. The van der Waals surface area contributed by atoms with E-state index in [4.69, 9.17) is 16.7 Å². The fourth-order valence-electron chi connectivity index (χ4n) is 3.40. The van der Waals surface area contributed by atoms with E-state index in [1.165, 1.54) is 21.4 Å². The summed E-state index contributed by atoms with van der Waals surface area (Å²) in [6, 6.07) is 6.07. The van der Waals surface area contributed by atoms with Crippen molar-refractivity contribution in [3.63, 3.8) is 0 Å². The number of aromatic nitrogens is 1. The average molecular weight is 365 g/mol. The first-order valence-electron chi connectivity index (χ1n) is 8.70. The number of benzene rings is 1. The van der Waals surface area contributed by atoms with E-state index in [0.29, 0.717) is 13.1 Å². The van der Waals surface area contributed by atoms with Crippen LogP contribution in [0.4, 0.5) is 4.79 Å². The van der Waals surface area contributed by atoms with Crippen LogP contribution in [0.5, 0.6) is 0 Å². The number of hydrogen-bond acceptors (Lipinski definition) is 3. The lowest BCUT2D eigenvalue weighted by Gasteiger charge is -2.33. The van der Waals surface area contributed by atoms with Crippen molar-refractivity contribution < 1.29 is 9.90 Å². The molecular formula is C18H25ClN4O2. The Kier molecular flexibility index (Phi) is 5.83. The molecule has 0 bridgehead atoms. The van der Waals surface area contributed by atoms with E-state index in [0.717, 1.165) is 44.2 Å². The van der Waals surface area contributed by atoms with Gasteiger partial charge in [0, 0.05) is 61.4 Å². The van der Waals surface area contributed by atoms with Gasteiger partial charge >= 0.3 is 6.09 Å². The molecule has 1 aliphatic heterocycles. The summed E-state index contributed by atoms with van der Waals surface area (Å²) in [6.45, 7) is 5.52. The van der Waals surface area contributed by atoms with Crippen LogP contribution in [0.3, 0.4) is 0 Å². The third-order valence-corrected chi connectivity index (χ3v) is 5.11. The van der Waals surface area contributed by atoms with Crippen LogP contribution in [0.25, 0.3) is 10.9 Å². The van der Waals surface area contributed by atoms with Crippen molar-refractivity contribution in [1.29, 1.82) is 0 Å². The van der Waals surface area contributed by atoms with Gasteiger partial charge in [-0.2, -0.15) is 0 Å². The van der Waals surface area contributed by atoms with E-state index in [2.05, 4.69) is 27.0 Å². The van der Waals surface area contributed by atoms with Crippen LogP contribution in [0.1, 0.15) is 5.56 Å². The van der Waals surface area contributed by atoms with E-state index >= 15 is 0 Å². The van der Waals surface area contributed by atoms with Crippen molar-refractivity contribution >= 4 is 28.6 Å². The molecular weight excluding hydrogens is 340 g/mol. The number of halogens is 1. The molecule has 6 nitrogen and oxygen atoms in total. The third kappa shape index (κ3) is 4.26. The van der Waals surface area contributed by atoms with Crippen molar-refractivity contribution in [3.05, 3.63) is 35.0 Å². The first-order valence-corrected chi connectivity index (χ1v) is 9.08. The highest BCUT2D eigenvalue weighted by Crippen LogP contribution is 2.25. The molecule has 1 amide bonds. The van der Waals surface area contributed by atoms with Crippen molar-refractivity contribution in [2.75, 3.05) is 46.3 Å². The molecule has 0 spiro atoms. The SMILES string of the molecule is CNCCc1cn(CCN2CCN(C(=O)O)CC2)c2ccc(Cl)cc12. The molecule has 0 radical (unpaired) electrons. The molecule has 1 aromatic heterocycles. The summed E-state index contributed by atoms with van der Waals surface area (Å²) in [7, 11) is 1.96. The smallest absolute Gasteiger partial charge is 0.407 e. The Balaban J connectivity index is 1.68. The predicted molar refractivity (Wildman–Crippen MR) is 101 cm³/mol. The Labute approximate surface area is 153 Å². The largest absolute Gasteiger partial charge is 0.465 e. The molecule has 0 saturated carbocycles. The number of carbonyl (C=O) groups is 1. The van der Waals surface area contributed by atoms with Crippen LogP contribution >= 0.6 is 11.6 Å². The van der Waals surface area contributed by atoms with Gasteiger partial charge in [0.15, 0.2) is 0 Å². The molecule has 136 valence electrons. The summed E-state index contributed by atoms with van der Waals surface area (Å²) >= 11 is 6.19. The zero-order valence-electron chi connectivity index (χ0n) is 14.5. The quantitative estimate of drug-likeness (QED) is 0.826. The molecule has 7 heteroatoms. The van der Waals surface area contributed by atoms with Crippen molar-refractivity contribution in [3.8, 4) is 0 Å². The third-order valence-electron chi connectivity index (χ3n) is 4.87. The normalized spacial score (nSPS) is 15.8. The average Bonchev–Trinajstić information content (AvgIpc) is 2.95. The van der Waals surface area contributed by atoms with Crippen molar-refractivity contribution in [2.24, 2.45) is 0 Å². The fourth-order valence-corrected chi connectivity index (χ4v) is 3.57. The molecule has 1 fully saturated rings. The minimum absolute atomic E-state index is 0.588. The Morgan fingerprint density at radius 3 is 2.68 bits per heavy atom. The molecule has 1 aliphatic rings. The molecule has 2 N–H and O–H groups in total. The first-order chi connectivity index (χ1) is 12.1. The van der Waals surface area contributed by atoms with Crippen LogP contribution < -0.4 is 5.32 Å². The molecule has 3 rings (SSSR count). The highest BCUT2D eigenvalue weighted by atomic mass is 35.5. The van der Waals surface area contributed by atoms with E-state index in [1.54, 1.807) is 0 Å². The van der Waals surface area contributed by atoms with Gasteiger partial charge in [-0.15, -0.1) is 0 Å². The van der Waals surface area contributed by atoms with Gasteiger partial charge in [-0.1, -0.05) is 11.6 Å². The summed E-state index contributed by atoms with van der Waals surface area (Å²) < 4.78 is 2.29. The second kappa shape index (κ2) is 8.08. The van der Waals surface area contributed by atoms with Gasteiger partial charge in [0.05, 0.1) is 0 Å². The van der Waals surface area contributed by atoms with Gasteiger partial charge in [0.2, 0.25) is 0 Å². The zero-order chi connectivity index (χ0) is 17.8. The van der Waals surface area contributed by atoms with Gasteiger partial charge < -0.3 is 19.9 Å². The second-order valence-corrected chi connectivity index (χ2v) is 6.91. The topological polar surface area (TPSA) is 60.7 Å². The van der Waals surface area contributed by atoms with Crippen LogP contribution in [-0.4, -0.2) is 71.9 Å². The predicted octanol–water partition coefficient (Wildman–Crippen LogP) is 2.35. The number of amides is 1.